The van der Waals surface area contributed by atoms with E-state index in [4.69, 9.17) is 9.47 Å². The van der Waals surface area contributed by atoms with Crippen LogP contribution in [0.2, 0.25) is 0 Å². The van der Waals surface area contributed by atoms with Crippen molar-refractivity contribution in [3.63, 3.8) is 0 Å². The van der Waals surface area contributed by atoms with Crippen molar-refractivity contribution in [1.82, 2.24) is 15.1 Å². The molecule has 12 heteroatoms. The zero-order valence-corrected chi connectivity index (χ0v) is 22.3. The van der Waals surface area contributed by atoms with E-state index in [-0.39, 0.29) is 23.8 Å². The Balaban J connectivity index is 1.36. The third kappa shape index (κ3) is 5.55. The number of anilines is 2. The van der Waals surface area contributed by atoms with Crippen molar-refractivity contribution < 1.29 is 23.6 Å². The Bertz CT molecular complexity index is 1760. The number of halogens is 1. The molecule has 0 aliphatic rings. The van der Waals surface area contributed by atoms with Gasteiger partial charge in [-0.05, 0) is 48.0 Å². The van der Waals surface area contributed by atoms with Crippen LogP contribution in [0.3, 0.4) is 0 Å². The van der Waals surface area contributed by atoms with Crippen molar-refractivity contribution in [3.8, 4) is 22.9 Å². The molecule has 0 fully saturated rings. The van der Waals surface area contributed by atoms with Gasteiger partial charge in [-0.3, -0.25) is 19.1 Å². The molecule has 2 heterocycles. The van der Waals surface area contributed by atoms with Gasteiger partial charge in [-0.2, -0.15) is 0 Å². The minimum atomic E-state index is -0.710. The number of nitrogens with zero attached hydrogens (tertiary/aromatic N) is 1. The van der Waals surface area contributed by atoms with E-state index >= 15 is 0 Å². The second-order valence-corrected chi connectivity index (χ2v) is 9.37. The third-order valence-electron chi connectivity index (χ3n) is 5.91. The number of aromatic amines is 2. The second-order valence-electron chi connectivity index (χ2n) is 8.45. The summed E-state index contributed by atoms with van der Waals surface area (Å²) in [6.45, 7) is 0. The number of amides is 2. The number of aromatic nitrogens is 3. The molecule has 0 aliphatic heterocycles. The SMILES string of the molecule is COc1ccc(CC(=O)Nc2cccc3cc(C(=O)Nc4ccc(Br)cc4-c4noc(=O)[nH]4)[nH]c23)cc1OC. The summed E-state index contributed by atoms with van der Waals surface area (Å²) in [6.07, 6.45) is 0.112. The molecule has 39 heavy (non-hydrogen) atoms. The summed E-state index contributed by atoms with van der Waals surface area (Å²) in [7, 11) is 3.08. The molecule has 2 amide bonds. The van der Waals surface area contributed by atoms with Crippen molar-refractivity contribution in [1.29, 1.82) is 0 Å². The molecule has 0 bridgehead atoms. The first-order valence-electron chi connectivity index (χ1n) is 11.6. The number of methoxy groups -OCH3 is 2. The molecule has 0 atom stereocenters. The minimum Gasteiger partial charge on any atom is -0.493 e. The van der Waals surface area contributed by atoms with Crippen molar-refractivity contribution in [2.75, 3.05) is 24.9 Å². The lowest BCUT2D eigenvalue weighted by Crippen LogP contribution is -2.15. The highest BCUT2D eigenvalue weighted by molar-refractivity contribution is 9.10. The number of hydrogen-bond donors (Lipinski definition) is 4. The first-order chi connectivity index (χ1) is 18.8. The molecule has 11 nitrogen and oxygen atoms in total. The number of carbonyl (C=O) groups excluding carboxylic acids is 2. The van der Waals surface area contributed by atoms with Gasteiger partial charge in [0.15, 0.2) is 17.3 Å². The van der Waals surface area contributed by atoms with Crippen LogP contribution in [-0.2, 0) is 11.2 Å². The molecule has 3 aromatic carbocycles. The Morgan fingerprint density at radius 2 is 1.77 bits per heavy atom. The number of fused-ring (bicyclic) bond motifs is 1. The van der Waals surface area contributed by atoms with Crippen LogP contribution in [0.15, 0.2) is 74.5 Å². The fraction of sp³-hybridized carbons (Fsp3) is 0.111. The normalized spacial score (nSPS) is 10.8. The Kier molecular flexibility index (Phi) is 7.19. The van der Waals surface area contributed by atoms with Gasteiger partial charge in [0.25, 0.3) is 5.91 Å². The van der Waals surface area contributed by atoms with Gasteiger partial charge >= 0.3 is 5.76 Å². The van der Waals surface area contributed by atoms with E-state index in [9.17, 15) is 14.4 Å². The van der Waals surface area contributed by atoms with E-state index in [1.807, 2.05) is 6.07 Å². The van der Waals surface area contributed by atoms with E-state index in [0.717, 1.165) is 15.4 Å². The molecule has 4 N–H and O–H groups in total. The summed E-state index contributed by atoms with van der Waals surface area (Å²) in [5.41, 5.74) is 3.02. The van der Waals surface area contributed by atoms with Crippen molar-refractivity contribution in [3.05, 3.63) is 86.9 Å². The first-order valence-corrected chi connectivity index (χ1v) is 12.4. The average Bonchev–Trinajstić information content (AvgIpc) is 3.56. The van der Waals surface area contributed by atoms with Crippen LogP contribution in [0.1, 0.15) is 16.1 Å². The number of carbonyl (C=O) groups is 2. The molecular formula is C27H22BrN5O6. The molecule has 5 rings (SSSR count). The number of H-pyrrole nitrogens is 2. The predicted octanol–water partition coefficient (Wildman–Crippen LogP) is 4.72. The zero-order valence-electron chi connectivity index (χ0n) is 20.8. The van der Waals surface area contributed by atoms with Crippen LogP contribution < -0.4 is 25.9 Å². The molecule has 0 spiro atoms. The first kappa shape index (κ1) is 25.8. The number of benzene rings is 3. The topological polar surface area (TPSA) is 151 Å². The summed E-state index contributed by atoms with van der Waals surface area (Å²) < 4.78 is 15.9. The van der Waals surface area contributed by atoms with E-state index < -0.39 is 11.7 Å². The summed E-state index contributed by atoms with van der Waals surface area (Å²) in [5.74, 6) is -0.0899. The summed E-state index contributed by atoms with van der Waals surface area (Å²) >= 11 is 3.38. The number of hydrogen-bond acceptors (Lipinski definition) is 7. The average molecular weight is 592 g/mol. The smallest absolute Gasteiger partial charge is 0.439 e. The number of ether oxygens (including phenoxy) is 2. The van der Waals surface area contributed by atoms with Crippen LogP contribution >= 0.6 is 15.9 Å². The largest absolute Gasteiger partial charge is 0.493 e. The predicted molar refractivity (Wildman–Crippen MR) is 148 cm³/mol. The lowest BCUT2D eigenvalue weighted by molar-refractivity contribution is -0.115. The monoisotopic (exact) mass is 591 g/mol. The van der Waals surface area contributed by atoms with Crippen LogP contribution in [0.5, 0.6) is 11.5 Å². The van der Waals surface area contributed by atoms with E-state index in [1.165, 1.54) is 7.11 Å². The van der Waals surface area contributed by atoms with E-state index in [0.29, 0.717) is 34.0 Å². The van der Waals surface area contributed by atoms with Gasteiger partial charge in [0.05, 0.1) is 37.5 Å². The Morgan fingerprint density at radius 3 is 2.51 bits per heavy atom. The molecule has 0 saturated carbocycles. The minimum absolute atomic E-state index is 0.112. The van der Waals surface area contributed by atoms with Crippen LogP contribution in [0.25, 0.3) is 22.3 Å². The van der Waals surface area contributed by atoms with E-state index in [1.54, 1.807) is 61.7 Å². The van der Waals surface area contributed by atoms with Gasteiger partial charge < -0.3 is 25.1 Å². The van der Waals surface area contributed by atoms with Gasteiger partial charge in [-0.25, -0.2) is 4.79 Å². The van der Waals surface area contributed by atoms with Crippen LogP contribution in [-0.4, -0.2) is 41.2 Å². The van der Waals surface area contributed by atoms with Gasteiger partial charge in [-0.15, -0.1) is 0 Å². The quantitative estimate of drug-likeness (QED) is 0.204. The van der Waals surface area contributed by atoms with Gasteiger partial charge in [-0.1, -0.05) is 39.3 Å². The maximum Gasteiger partial charge on any atom is 0.439 e. The van der Waals surface area contributed by atoms with Gasteiger partial charge in [0.1, 0.15) is 5.69 Å². The zero-order chi connectivity index (χ0) is 27.5. The van der Waals surface area contributed by atoms with Gasteiger partial charge in [0, 0.05) is 15.4 Å². The van der Waals surface area contributed by atoms with Gasteiger partial charge in [0.2, 0.25) is 5.91 Å². The number of nitrogens with one attached hydrogen (secondary N) is 4. The summed E-state index contributed by atoms with van der Waals surface area (Å²) in [5, 5.41) is 10.2. The lowest BCUT2D eigenvalue weighted by atomic mass is 10.1. The Hall–Kier alpha value is -4.84. The molecule has 0 saturated heterocycles. The highest BCUT2D eigenvalue weighted by Gasteiger charge is 2.17. The van der Waals surface area contributed by atoms with Crippen molar-refractivity contribution in [2.45, 2.75) is 6.42 Å². The van der Waals surface area contributed by atoms with Crippen LogP contribution in [0.4, 0.5) is 11.4 Å². The fourth-order valence-corrected chi connectivity index (χ4v) is 4.47. The fourth-order valence-electron chi connectivity index (χ4n) is 4.11. The van der Waals surface area contributed by atoms with Crippen molar-refractivity contribution >= 4 is 50.0 Å². The van der Waals surface area contributed by atoms with Crippen LogP contribution in [0, 0.1) is 0 Å². The maximum absolute atomic E-state index is 13.2. The summed E-state index contributed by atoms with van der Waals surface area (Å²) in [6, 6.07) is 17.5. The second kappa shape index (κ2) is 10.9. The molecule has 0 aliphatic carbocycles. The molecule has 2 aromatic heterocycles. The number of rotatable bonds is 8. The Labute approximate surface area is 229 Å². The standard InChI is InChI=1S/C27H22BrN5O6/c1-37-21-9-6-14(10-22(21)38-2)11-23(34)29-19-5-3-4-15-12-20(30-24(15)19)26(35)31-18-8-7-16(28)13-17(18)25-32-27(36)39-33-25/h3-10,12-13,30H,11H2,1-2H3,(H,29,34)(H,31,35)(H,32,33,36). The summed E-state index contributed by atoms with van der Waals surface area (Å²) in [4.78, 5) is 43.0. The molecule has 0 unspecified atom stereocenters. The number of para-hydroxylation sites is 1. The van der Waals surface area contributed by atoms with Crippen molar-refractivity contribution in [2.24, 2.45) is 0 Å². The third-order valence-corrected chi connectivity index (χ3v) is 6.41. The lowest BCUT2D eigenvalue weighted by Gasteiger charge is -2.10. The Morgan fingerprint density at radius 1 is 0.949 bits per heavy atom. The van der Waals surface area contributed by atoms with E-state index in [2.05, 4.69) is 46.2 Å². The molecule has 198 valence electrons. The highest BCUT2D eigenvalue weighted by atomic mass is 79.9. The molecule has 0 radical (unpaired) electrons. The molecular weight excluding hydrogens is 570 g/mol. The highest BCUT2D eigenvalue weighted by Crippen LogP contribution is 2.30. The maximum atomic E-state index is 13.2. The molecule has 5 aromatic rings.